The van der Waals surface area contributed by atoms with Crippen molar-refractivity contribution in [2.75, 3.05) is 26.5 Å². The second-order valence-electron chi connectivity index (χ2n) is 6.35. The Morgan fingerprint density at radius 1 is 1.52 bits per heavy atom. The molecular weight excluding hydrogens is 349 g/mol. The fourth-order valence-electron chi connectivity index (χ4n) is 1.69. The maximum Gasteiger partial charge on any atom is 0.165 e. The number of allylic oxidation sites excluding steroid dienone is 2. The Morgan fingerprint density at radius 2 is 2.28 bits per heavy atom. The van der Waals surface area contributed by atoms with Crippen molar-refractivity contribution in [3.05, 3.63) is 34.7 Å². The van der Waals surface area contributed by atoms with Crippen molar-refractivity contribution in [3.8, 4) is 0 Å². The third-order valence-corrected chi connectivity index (χ3v) is 3.13. The lowest BCUT2D eigenvalue weighted by atomic mass is 10.1. The number of nitrogens with one attached hydrogen (secondary N) is 2. The largest absolute Gasteiger partial charge is 0.485 e. The van der Waals surface area contributed by atoms with Gasteiger partial charge in [-0.1, -0.05) is 23.8 Å². The molecule has 0 saturated heterocycles. The summed E-state index contributed by atoms with van der Waals surface area (Å²) in [5.41, 5.74) is 3.54. The van der Waals surface area contributed by atoms with Gasteiger partial charge in [0.05, 0.1) is 25.5 Å². The Bertz CT molecular complexity index is 554. The maximum atomic E-state index is 12.0. The van der Waals surface area contributed by atoms with E-state index in [1.807, 2.05) is 32.9 Å². The molecule has 0 aromatic heterocycles. The first-order chi connectivity index (χ1) is 11.9. The lowest BCUT2D eigenvalue weighted by molar-refractivity contribution is -0.104. The molecule has 1 heterocycles. The molecule has 1 aliphatic rings. The van der Waals surface area contributed by atoms with Crippen LogP contribution in [0.25, 0.3) is 0 Å². The number of halogens is 2. The zero-order valence-corrected chi connectivity index (χ0v) is 15.5. The summed E-state index contributed by atoms with van der Waals surface area (Å²) in [6, 6.07) is -0.0126. The SMILES string of the molecule is CC(C)(C)N/N=C\C(OCC1=CNC(COCCF)C=C1)=C(\Cl)C=O. The summed E-state index contributed by atoms with van der Waals surface area (Å²) < 4.78 is 22.7. The van der Waals surface area contributed by atoms with Crippen molar-refractivity contribution >= 4 is 24.1 Å². The van der Waals surface area contributed by atoms with Crippen molar-refractivity contribution in [1.29, 1.82) is 0 Å². The van der Waals surface area contributed by atoms with Gasteiger partial charge in [0.1, 0.15) is 18.3 Å². The lowest BCUT2D eigenvalue weighted by Crippen LogP contribution is -2.31. The number of carbonyl (C=O) groups excluding carboxylic acids is 1. The van der Waals surface area contributed by atoms with Gasteiger partial charge >= 0.3 is 0 Å². The summed E-state index contributed by atoms with van der Waals surface area (Å²) in [6.45, 7) is 6.04. The highest BCUT2D eigenvalue weighted by atomic mass is 35.5. The minimum Gasteiger partial charge on any atom is -0.485 e. The molecule has 0 amide bonds. The molecule has 6 nitrogen and oxygen atoms in total. The highest BCUT2D eigenvalue weighted by Gasteiger charge is 2.11. The Hall–Kier alpha value is -1.86. The number of dihydropyridines is 1. The summed E-state index contributed by atoms with van der Waals surface area (Å²) in [6.07, 6.45) is 7.42. The number of aldehydes is 1. The number of hydrogen-bond acceptors (Lipinski definition) is 6. The molecule has 0 spiro atoms. The van der Waals surface area contributed by atoms with Gasteiger partial charge in [0.15, 0.2) is 12.0 Å². The predicted molar refractivity (Wildman–Crippen MR) is 97.2 cm³/mol. The smallest absolute Gasteiger partial charge is 0.165 e. The molecule has 1 unspecified atom stereocenters. The minimum absolute atomic E-state index is 0.0126. The van der Waals surface area contributed by atoms with Crippen molar-refractivity contribution < 1.29 is 18.7 Å². The van der Waals surface area contributed by atoms with Crippen molar-refractivity contribution in [3.63, 3.8) is 0 Å². The third kappa shape index (κ3) is 9.26. The standard InChI is InChI=1S/C17H25ClFN3O3/c1-17(2,3)22-21-9-16(15(18)10-23)25-11-13-4-5-14(20-8-13)12-24-7-6-19/h4-5,8-10,14,20,22H,6-7,11-12H2,1-3H3/b16-15-,21-9-. The van der Waals surface area contributed by atoms with E-state index < -0.39 is 6.67 Å². The number of rotatable bonds is 10. The molecule has 0 aromatic rings. The zero-order chi connectivity index (χ0) is 18.7. The van der Waals surface area contributed by atoms with Crippen molar-refractivity contribution in [2.45, 2.75) is 32.4 Å². The molecule has 0 fully saturated rings. The fourth-order valence-corrected chi connectivity index (χ4v) is 1.79. The first-order valence-electron chi connectivity index (χ1n) is 7.90. The maximum absolute atomic E-state index is 12.0. The summed E-state index contributed by atoms with van der Waals surface area (Å²) in [7, 11) is 0. The van der Waals surface area contributed by atoms with E-state index in [-0.39, 0.29) is 35.6 Å². The van der Waals surface area contributed by atoms with E-state index in [2.05, 4.69) is 15.8 Å². The van der Waals surface area contributed by atoms with E-state index in [0.29, 0.717) is 12.9 Å². The van der Waals surface area contributed by atoms with Crippen LogP contribution >= 0.6 is 11.6 Å². The molecule has 0 saturated carbocycles. The molecule has 0 aliphatic carbocycles. The molecule has 25 heavy (non-hydrogen) atoms. The molecular formula is C17H25ClFN3O3. The summed E-state index contributed by atoms with van der Waals surface area (Å²) in [5, 5.41) is 7.08. The van der Waals surface area contributed by atoms with Crippen LogP contribution in [0.1, 0.15) is 20.8 Å². The van der Waals surface area contributed by atoms with Crippen LogP contribution in [-0.4, -0.2) is 50.6 Å². The molecule has 2 N–H and O–H groups in total. The molecule has 0 radical (unpaired) electrons. The minimum atomic E-state index is -0.496. The van der Waals surface area contributed by atoms with Gasteiger partial charge in [-0.2, -0.15) is 5.10 Å². The molecule has 1 rings (SSSR count). The van der Waals surface area contributed by atoms with Gasteiger partial charge in [-0.15, -0.1) is 0 Å². The van der Waals surface area contributed by atoms with Crippen LogP contribution in [0.2, 0.25) is 0 Å². The summed E-state index contributed by atoms with van der Waals surface area (Å²) in [4.78, 5) is 10.9. The average molecular weight is 374 g/mol. The molecule has 0 aromatic carbocycles. The van der Waals surface area contributed by atoms with E-state index in [1.54, 1.807) is 6.20 Å². The predicted octanol–water partition coefficient (Wildman–Crippen LogP) is 2.42. The van der Waals surface area contributed by atoms with Crippen LogP contribution in [0, 0.1) is 0 Å². The number of hydrazone groups is 1. The number of nitrogens with zero attached hydrogens (tertiary/aromatic N) is 1. The Labute approximate surface area is 152 Å². The van der Waals surface area contributed by atoms with Crippen LogP contribution in [0.5, 0.6) is 0 Å². The van der Waals surface area contributed by atoms with Gasteiger partial charge in [-0.05, 0) is 20.8 Å². The van der Waals surface area contributed by atoms with Gasteiger partial charge in [-0.3, -0.25) is 4.79 Å². The average Bonchev–Trinajstić information content (AvgIpc) is 2.57. The van der Waals surface area contributed by atoms with Gasteiger partial charge in [0.2, 0.25) is 0 Å². The first kappa shape index (κ1) is 21.2. The van der Waals surface area contributed by atoms with Gasteiger partial charge in [0, 0.05) is 17.3 Å². The van der Waals surface area contributed by atoms with Crippen LogP contribution in [-0.2, 0) is 14.3 Å². The molecule has 1 aliphatic heterocycles. The van der Waals surface area contributed by atoms with Crippen LogP contribution in [0.15, 0.2) is 39.8 Å². The monoisotopic (exact) mass is 373 g/mol. The first-order valence-corrected chi connectivity index (χ1v) is 8.28. The Morgan fingerprint density at radius 3 is 2.84 bits per heavy atom. The zero-order valence-electron chi connectivity index (χ0n) is 14.7. The van der Waals surface area contributed by atoms with E-state index >= 15 is 0 Å². The molecule has 140 valence electrons. The third-order valence-electron chi connectivity index (χ3n) is 2.86. The van der Waals surface area contributed by atoms with Gasteiger partial charge in [-0.25, -0.2) is 4.39 Å². The number of ether oxygens (including phenoxy) is 2. The second kappa shape index (κ2) is 10.9. The topological polar surface area (TPSA) is 72.0 Å². The molecule has 1 atom stereocenters. The fraction of sp³-hybridized carbons (Fsp3) is 0.529. The van der Waals surface area contributed by atoms with Gasteiger partial charge < -0.3 is 20.2 Å². The van der Waals surface area contributed by atoms with E-state index in [1.165, 1.54) is 6.21 Å². The lowest BCUT2D eigenvalue weighted by Gasteiger charge is -2.19. The number of carbonyl (C=O) groups is 1. The normalized spacial score (nSPS) is 18.4. The number of alkyl halides is 1. The number of hydrogen-bond donors (Lipinski definition) is 2. The van der Waals surface area contributed by atoms with E-state index in [0.717, 1.165) is 5.57 Å². The van der Waals surface area contributed by atoms with Crippen LogP contribution < -0.4 is 10.7 Å². The van der Waals surface area contributed by atoms with Crippen LogP contribution in [0.4, 0.5) is 4.39 Å². The molecule has 0 bridgehead atoms. The van der Waals surface area contributed by atoms with Crippen molar-refractivity contribution in [1.82, 2.24) is 10.7 Å². The van der Waals surface area contributed by atoms with E-state index in [4.69, 9.17) is 21.1 Å². The van der Waals surface area contributed by atoms with Gasteiger partial charge in [0.25, 0.3) is 0 Å². The summed E-state index contributed by atoms with van der Waals surface area (Å²) >= 11 is 5.86. The van der Waals surface area contributed by atoms with E-state index in [9.17, 15) is 9.18 Å². The Balaban J connectivity index is 2.53. The molecule has 8 heteroatoms. The highest BCUT2D eigenvalue weighted by molar-refractivity contribution is 6.40. The van der Waals surface area contributed by atoms with Crippen LogP contribution in [0.3, 0.4) is 0 Å². The van der Waals surface area contributed by atoms with Crippen molar-refractivity contribution in [2.24, 2.45) is 5.10 Å². The second-order valence-corrected chi connectivity index (χ2v) is 6.76. The highest BCUT2D eigenvalue weighted by Crippen LogP contribution is 2.11. The quantitative estimate of drug-likeness (QED) is 0.154. The Kier molecular flexibility index (Phi) is 9.23. The summed E-state index contributed by atoms with van der Waals surface area (Å²) in [5.74, 6) is 0.177.